The Morgan fingerprint density at radius 2 is 1.58 bits per heavy atom. The van der Waals surface area contributed by atoms with Gasteiger partial charge in [0.15, 0.2) is 0 Å². The number of hydrogen-bond donors (Lipinski definition) is 1. The zero-order chi connectivity index (χ0) is 13.8. The van der Waals surface area contributed by atoms with Crippen molar-refractivity contribution >= 4 is 26.1 Å². The largest absolute Gasteiger partial charge is 0.279 e. The Hall–Kier alpha value is 0.350. The number of piperidine rings is 1. The highest BCUT2D eigenvalue weighted by molar-refractivity contribution is 9.09. The van der Waals surface area contributed by atoms with Crippen LogP contribution in [0.2, 0.25) is 0 Å². The maximum atomic E-state index is 12.3. The zero-order valence-electron chi connectivity index (χ0n) is 11.5. The molecule has 4 nitrogen and oxygen atoms in total. The fourth-order valence-corrected chi connectivity index (χ4v) is 5.27. The Bertz CT molecular complexity index is 374. The van der Waals surface area contributed by atoms with Crippen molar-refractivity contribution in [2.75, 3.05) is 25.0 Å². The second-order valence-electron chi connectivity index (χ2n) is 5.98. The Morgan fingerprint density at radius 1 is 1.00 bits per heavy atom. The normalized spacial score (nSPS) is 25.3. The molecule has 0 aromatic heterocycles. The second kappa shape index (κ2) is 6.87. The van der Waals surface area contributed by atoms with Crippen LogP contribution in [0.5, 0.6) is 0 Å². The van der Waals surface area contributed by atoms with E-state index in [4.69, 9.17) is 0 Å². The van der Waals surface area contributed by atoms with Crippen LogP contribution in [0.15, 0.2) is 0 Å². The van der Waals surface area contributed by atoms with Gasteiger partial charge in [0.05, 0.1) is 0 Å². The van der Waals surface area contributed by atoms with Gasteiger partial charge >= 0.3 is 0 Å². The van der Waals surface area contributed by atoms with E-state index < -0.39 is 10.2 Å². The van der Waals surface area contributed by atoms with Gasteiger partial charge in [0.1, 0.15) is 0 Å². The zero-order valence-corrected chi connectivity index (χ0v) is 13.9. The topological polar surface area (TPSA) is 49.4 Å². The van der Waals surface area contributed by atoms with E-state index in [1.54, 1.807) is 4.31 Å². The maximum Gasteiger partial charge on any atom is 0.279 e. The van der Waals surface area contributed by atoms with E-state index in [0.29, 0.717) is 19.6 Å². The average molecular weight is 353 g/mol. The first kappa shape index (κ1) is 15.7. The molecule has 1 aliphatic heterocycles. The number of alkyl halides is 1. The molecule has 19 heavy (non-hydrogen) atoms. The molecular formula is C13H25BrN2O2S. The van der Waals surface area contributed by atoms with Crippen molar-refractivity contribution in [3.05, 3.63) is 0 Å². The van der Waals surface area contributed by atoms with Gasteiger partial charge in [-0.15, -0.1) is 0 Å². The maximum absolute atomic E-state index is 12.3. The van der Waals surface area contributed by atoms with E-state index in [9.17, 15) is 8.42 Å². The summed E-state index contributed by atoms with van der Waals surface area (Å²) >= 11 is 3.58. The molecule has 0 aromatic rings. The third kappa shape index (κ3) is 4.16. The molecule has 0 spiro atoms. The quantitative estimate of drug-likeness (QED) is 0.773. The van der Waals surface area contributed by atoms with Crippen molar-refractivity contribution < 1.29 is 8.42 Å². The van der Waals surface area contributed by atoms with Crippen molar-refractivity contribution in [1.82, 2.24) is 9.03 Å². The van der Waals surface area contributed by atoms with Crippen LogP contribution in [0.1, 0.15) is 51.4 Å². The molecule has 6 heteroatoms. The Morgan fingerprint density at radius 3 is 2.16 bits per heavy atom. The molecule has 2 rings (SSSR count). The van der Waals surface area contributed by atoms with Gasteiger partial charge < -0.3 is 0 Å². The Kier molecular flexibility index (Phi) is 5.69. The molecule has 2 fully saturated rings. The Balaban J connectivity index is 1.92. The van der Waals surface area contributed by atoms with E-state index in [2.05, 4.69) is 20.7 Å². The van der Waals surface area contributed by atoms with Crippen molar-refractivity contribution in [2.45, 2.75) is 51.4 Å². The number of halogens is 1. The molecule has 0 aromatic carbocycles. The standard InChI is InChI=1S/C13H25BrN2O2S/c14-11-13(7-3-1-4-8-13)12-15-19(17,18)16-9-5-2-6-10-16/h15H,1-12H2. The molecule has 0 unspecified atom stereocenters. The van der Waals surface area contributed by atoms with Crippen LogP contribution in [0.3, 0.4) is 0 Å². The highest BCUT2D eigenvalue weighted by Gasteiger charge is 2.33. The molecule has 0 atom stereocenters. The van der Waals surface area contributed by atoms with E-state index in [0.717, 1.165) is 37.4 Å². The van der Waals surface area contributed by atoms with Gasteiger partial charge in [-0.3, -0.25) is 0 Å². The molecule has 0 amide bonds. The molecular weight excluding hydrogens is 328 g/mol. The van der Waals surface area contributed by atoms with Crippen molar-refractivity contribution in [3.63, 3.8) is 0 Å². The molecule has 0 radical (unpaired) electrons. The monoisotopic (exact) mass is 352 g/mol. The van der Waals surface area contributed by atoms with Gasteiger partial charge in [-0.25, -0.2) is 4.72 Å². The highest BCUT2D eigenvalue weighted by Crippen LogP contribution is 2.37. The fraction of sp³-hybridized carbons (Fsp3) is 1.00. The summed E-state index contributed by atoms with van der Waals surface area (Å²) < 4.78 is 29.0. The van der Waals surface area contributed by atoms with Gasteiger partial charge in [0, 0.05) is 25.0 Å². The van der Waals surface area contributed by atoms with Crippen molar-refractivity contribution in [3.8, 4) is 0 Å². The molecule has 1 N–H and O–H groups in total. The van der Waals surface area contributed by atoms with Gasteiger partial charge in [0.25, 0.3) is 10.2 Å². The highest BCUT2D eigenvalue weighted by atomic mass is 79.9. The minimum atomic E-state index is -3.27. The van der Waals surface area contributed by atoms with E-state index in [1.807, 2.05) is 0 Å². The van der Waals surface area contributed by atoms with E-state index in [-0.39, 0.29) is 5.41 Å². The lowest BCUT2D eigenvalue weighted by molar-refractivity contribution is 0.224. The molecule has 0 bridgehead atoms. The number of hydrogen-bond acceptors (Lipinski definition) is 2. The van der Waals surface area contributed by atoms with E-state index in [1.165, 1.54) is 19.3 Å². The fourth-order valence-electron chi connectivity index (χ4n) is 3.10. The Labute approximate surface area is 125 Å². The molecule has 112 valence electrons. The van der Waals surface area contributed by atoms with Crippen LogP contribution in [-0.2, 0) is 10.2 Å². The van der Waals surface area contributed by atoms with Gasteiger partial charge in [-0.05, 0) is 31.1 Å². The second-order valence-corrected chi connectivity index (χ2v) is 8.30. The van der Waals surface area contributed by atoms with Gasteiger partial charge in [-0.2, -0.15) is 12.7 Å². The third-order valence-corrected chi connectivity index (χ3v) is 7.23. The van der Waals surface area contributed by atoms with Gasteiger partial charge in [0.2, 0.25) is 0 Å². The van der Waals surface area contributed by atoms with Crippen LogP contribution < -0.4 is 4.72 Å². The van der Waals surface area contributed by atoms with Crippen LogP contribution in [-0.4, -0.2) is 37.7 Å². The smallest absolute Gasteiger partial charge is 0.202 e. The molecule has 1 heterocycles. The summed E-state index contributed by atoms with van der Waals surface area (Å²) in [6.45, 7) is 1.93. The first-order valence-electron chi connectivity index (χ1n) is 7.39. The third-order valence-electron chi connectivity index (χ3n) is 4.48. The predicted molar refractivity (Wildman–Crippen MR) is 81.7 cm³/mol. The first-order chi connectivity index (χ1) is 9.08. The minimum Gasteiger partial charge on any atom is -0.202 e. The van der Waals surface area contributed by atoms with Crippen molar-refractivity contribution in [2.24, 2.45) is 5.41 Å². The van der Waals surface area contributed by atoms with Gasteiger partial charge in [-0.1, -0.05) is 41.6 Å². The van der Waals surface area contributed by atoms with Crippen molar-refractivity contribution in [1.29, 1.82) is 0 Å². The summed E-state index contributed by atoms with van der Waals surface area (Å²) in [7, 11) is -3.27. The average Bonchev–Trinajstić information content (AvgIpc) is 2.47. The number of nitrogens with zero attached hydrogens (tertiary/aromatic N) is 1. The minimum absolute atomic E-state index is 0.126. The summed E-state index contributed by atoms with van der Waals surface area (Å²) in [6, 6.07) is 0. The lowest BCUT2D eigenvalue weighted by Crippen LogP contribution is -2.48. The van der Waals surface area contributed by atoms with Crippen LogP contribution in [0.4, 0.5) is 0 Å². The molecule has 1 saturated heterocycles. The SMILES string of the molecule is O=S(=O)(NCC1(CBr)CCCCC1)N1CCCCC1. The lowest BCUT2D eigenvalue weighted by Gasteiger charge is -2.36. The first-order valence-corrected chi connectivity index (χ1v) is 9.95. The van der Waals surface area contributed by atoms with E-state index >= 15 is 0 Å². The molecule has 2 aliphatic rings. The summed E-state index contributed by atoms with van der Waals surface area (Å²) in [5, 5.41) is 0.891. The summed E-state index contributed by atoms with van der Waals surface area (Å²) in [5.74, 6) is 0. The lowest BCUT2D eigenvalue weighted by atomic mass is 9.76. The summed E-state index contributed by atoms with van der Waals surface area (Å²) in [4.78, 5) is 0. The molecule has 1 aliphatic carbocycles. The predicted octanol–water partition coefficient (Wildman–Crippen LogP) is 2.65. The number of rotatable bonds is 5. The van der Waals surface area contributed by atoms with Crippen LogP contribution >= 0.6 is 15.9 Å². The summed E-state index contributed by atoms with van der Waals surface area (Å²) in [5.41, 5.74) is 0.126. The summed E-state index contributed by atoms with van der Waals surface area (Å²) in [6.07, 6.45) is 9.11. The van der Waals surface area contributed by atoms with Crippen LogP contribution in [0.25, 0.3) is 0 Å². The number of nitrogens with one attached hydrogen (secondary N) is 1. The molecule has 1 saturated carbocycles. The van der Waals surface area contributed by atoms with Crippen LogP contribution in [0, 0.1) is 5.41 Å².